The van der Waals surface area contributed by atoms with Crippen LogP contribution in [0.5, 0.6) is 0 Å². The first kappa shape index (κ1) is 18.9. The molecule has 2 aliphatic carbocycles. The second kappa shape index (κ2) is 7.31. The highest BCUT2D eigenvalue weighted by atomic mass is 16.5. The largest absolute Gasteiger partial charge is 0.371 e. The summed E-state index contributed by atoms with van der Waals surface area (Å²) in [6.07, 6.45) is 7.80. The van der Waals surface area contributed by atoms with Gasteiger partial charge in [0, 0.05) is 30.4 Å². The standard InChI is InChI=1S/C23H31N3O3/c1-15(27)18-2-4-20(5-3-18)26-8-6-19(7-9-26)24-22(28)25-23-13-16-10-17(14-23)12-21(11-16)29-23/h2-5,16-17,19,21H,6-14H2,1H3,(H2,24,25,28). The molecule has 2 unspecified atom stereocenters. The minimum absolute atomic E-state index is 0.0730. The van der Waals surface area contributed by atoms with Crippen molar-refractivity contribution in [3.05, 3.63) is 29.8 Å². The maximum absolute atomic E-state index is 12.7. The van der Waals surface area contributed by atoms with Crippen LogP contribution in [0, 0.1) is 11.8 Å². The summed E-state index contributed by atoms with van der Waals surface area (Å²) in [7, 11) is 0. The van der Waals surface area contributed by atoms with Crippen LogP contribution in [0.15, 0.2) is 24.3 Å². The minimum Gasteiger partial charge on any atom is -0.371 e. The van der Waals surface area contributed by atoms with Gasteiger partial charge in [-0.05, 0) is 88.0 Å². The molecule has 5 aliphatic rings. The SMILES string of the molecule is CC(=O)c1ccc(N2CCC(NC(=O)NC34CC5CC(CC(C5)O3)C4)CC2)cc1. The first-order valence-electron chi connectivity index (χ1n) is 11.1. The Kier molecular flexibility index (Phi) is 4.77. The number of carbonyl (C=O) groups is 2. The Balaban J connectivity index is 1.12. The lowest BCUT2D eigenvalue weighted by molar-refractivity contribution is -0.228. The van der Waals surface area contributed by atoms with E-state index in [0.717, 1.165) is 61.9 Å². The van der Waals surface area contributed by atoms with Gasteiger partial charge in [0.15, 0.2) is 5.78 Å². The van der Waals surface area contributed by atoms with Crippen LogP contribution in [-0.4, -0.2) is 42.8 Å². The summed E-state index contributed by atoms with van der Waals surface area (Å²) in [5.74, 6) is 1.53. The molecule has 3 saturated heterocycles. The fourth-order valence-electron chi connectivity index (χ4n) is 6.11. The van der Waals surface area contributed by atoms with Crippen molar-refractivity contribution in [2.24, 2.45) is 11.8 Å². The highest BCUT2D eigenvalue weighted by molar-refractivity contribution is 5.94. The first-order valence-corrected chi connectivity index (χ1v) is 11.1. The molecule has 2 saturated carbocycles. The third-order valence-electron chi connectivity index (χ3n) is 7.30. The number of urea groups is 1. The second-order valence-electron chi connectivity index (χ2n) is 9.54. The van der Waals surface area contributed by atoms with Crippen LogP contribution in [-0.2, 0) is 4.74 Å². The summed E-state index contributed by atoms with van der Waals surface area (Å²) in [5.41, 5.74) is 1.46. The fraction of sp³-hybridized carbons (Fsp3) is 0.652. The third-order valence-corrected chi connectivity index (χ3v) is 7.30. The van der Waals surface area contributed by atoms with E-state index in [1.807, 2.05) is 24.3 Å². The average molecular weight is 398 g/mol. The van der Waals surface area contributed by atoms with Crippen molar-refractivity contribution >= 4 is 17.5 Å². The molecule has 6 rings (SSSR count). The number of ether oxygens (including phenoxy) is 1. The van der Waals surface area contributed by atoms with E-state index in [2.05, 4.69) is 15.5 Å². The van der Waals surface area contributed by atoms with Gasteiger partial charge in [0.05, 0.1) is 6.10 Å². The molecule has 2 N–H and O–H groups in total. The highest BCUT2D eigenvalue weighted by Gasteiger charge is 2.52. The molecule has 1 aromatic carbocycles. The van der Waals surface area contributed by atoms with Crippen molar-refractivity contribution in [3.8, 4) is 0 Å². The lowest BCUT2D eigenvalue weighted by Crippen LogP contribution is -2.65. The molecule has 1 aromatic rings. The molecular formula is C23H31N3O3. The van der Waals surface area contributed by atoms with Gasteiger partial charge in [-0.15, -0.1) is 0 Å². The van der Waals surface area contributed by atoms with Gasteiger partial charge in [-0.25, -0.2) is 4.79 Å². The number of carbonyl (C=O) groups excluding carboxylic acids is 2. The van der Waals surface area contributed by atoms with Crippen LogP contribution >= 0.6 is 0 Å². The molecule has 6 heteroatoms. The number of nitrogens with zero attached hydrogens (tertiary/aromatic N) is 1. The van der Waals surface area contributed by atoms with Crippen LogP contribution < -0.4 is 15.5 Å². The van der Waals surface area contributed by atoms with Gasteiger partial charge in [-0.3, -0.25) is 4.79 Å². The van der Waals surface area contributed by atoms with E-state index in [4.69, 9.17) is 4.74 Å². The van der Waals surface area contributed by atoms with Gasteiger partial charge in [-0.2, -0.15) is 0 Å². The van der Waals surface area contributed by atoms with E-state index in [9.17, 15) is 9.59 Å². The number of Topliss-reactive ketones (excluding diaryl/α,β-unsaturated/α-hetero) is 1. The molecule has 0 spiro atoms. The number of rotatable bonds is 4. The summed E-state index contributed by atoms with van der Waals surface area (Å²) in [6, 6.07) is 7.93. The summed E-state index contributed by atoms with van der Waals surface area (Å²) < 4.78 is 6.27. The zero-order valence-corrected chi connectivity index (χ0v) is 17.2. The Bertz CT molecular complexity index is 748. The van der Waals surface area contributed by atoms with Gasteiger partial charge >= 0.3 is 6.03 Å². The van der Waals surface area contributed by atoms with Crippen molar-refractivity contribution in [2.75, 3.05) is 18.0 Å². The zero-order valence-electron chi connectivity index (χ0n) is 17.2. The first-order chi connectivity index (χ1) is 14.0. The lowest BCUT2D eigenvalue weighted by Gasteiger charge is -2.56. The van der Waals surface area contributed by atoms with E-state index < -0.39 is 5.72 Å². The molecular weight excluding hydrogens is 366 g/mol. The molecule has 3 heterocycles. The minimum atomic E-state index is -0.419. The third kappa shape index (κ3) is 3.87. The molecule has 156 valence electrons. The lowest BCUT2D eigenvalue weighted by atomic mass is 9.65. The van der Waals surface area contributed by atoms with Gasteiger partial charge < -0.3 is 20.3 Å². The smallest absolute Gasteiger partial charge is 0.317 e. The number of amides is 2. The van der Waals surface area contributed by atoms with Crippen LogP contribution in [0.2, 0.25) is 0 Å². The van der Waals surface area contributed by atoms with Crippen molar-refractivity contribution in [1.82, 2.24) is 10.6 Å². The number of anilines is 1. The summed E-state index contributed by atoms with van der Waals surface area (Å²) >= 11 is 0. The average Bonchev–Trinajstić information content (AvgIpc) is 2.67. The van der Waals surface area contributed by atoms with Gasteiger partial charge in [0.1, 0.15) is 5.72 Å². The number of hydrogen-bond donors (Lipinski definition) is 2. The Morgan fingerprint density at radius 3 is 2.28 bits per heavy atom. The van der Waals surface area contributed by atoms with Crippen LogP contribution in [0.3, 0.4) is 0 Å². The Hall–Kier alpha value is -2.08. The topological polar surface area (TPSA) is 70.7 Å². The molecule has 3 aliphatic heterocycles. The van der Waals surface area contributed by atoms with Gasteiger partial charge in [0.25, 0.3) is 0 Å². The molecule has 0 radical (unpaired) electrons. The number of hydrogen-bond acceptors (Lipinski definition) is 4. The Morgan fingerprint density at radius 2 is 1.69 bits per heavy atom. The van der Waals surface area contributed by atoms with Crippen molar-refractivity contribution in [2.45, 2.75) is 69.7 Å². The second-order valence-corrected chi connectivity index (χ2v) is 9.54. The van der Waals surface area contributed by atoms with E-state index in [-0.39, 0.29) is 17.9 Å². The highest BCUT2D eigenvalue weighted by Crippen LogP contribution is 2.51. The quantitative estimate of drug-likeness (QED) is 0.764. The van der Waals surface area contributed by atoms with Gasteiger partial charge in [0.2, 0.25) is 0 Å². The summed E-state index contributed by atoms with van der Waals surface area (Å²) in [6.45, 7) is 3.39. The van der Waals surface area contributed by atoms with Crippen LogP contribution in [0.4, 0.5) is 10.5 Å². The zero-order chi connectivity index (χ0) is 20.0. The monoisotopic (exact) mass is 397 g/mol. The molecule has 4 bridgehead atoms. The maximum Gasteiger partial charge on any atom is 0.317 e. The molecule has 29 heavy (non-hydrogen) atoms. The normalized spacial score (nSPS) is 33.6. The molecule has 5 fully saturated rings. The van der Waals surface area contributed by atoms with E-state index in [1.165, 1.54) is 19.3 Å². The van der Waals surface area contributed by atoms with Gasteiger partial charge in [-0.1, -0.05) is 0 Å². The molecule has 2 atom stereocenters. The van der Waals surface area contributed by atoms with E-state index in [1.54, 1.807) is 6.92 Å². The summed E-state index contributed by atoms with van der Waals surface area (Å²) in [5, 5.41) is 6.40. The summed E-state index contributed by atoms with van der Waals surface area (Å²) in [4.78, 5) is 26.5. The number of piperidine rings is 1. The number of benzene rings is 1. The molecule has 0 aromatic heterocycles. The molecule has 6 nitrogen and oxygen atoms in total. The van der Waals surface area contributed by atoms with Crippen molar-refractivity contribution in [3.63, 3.8) is 0 Å². The van der Waals surface area contributed by atoms with Crippen molar-refractivity contribution < 1.29 is 14.3 Å². The fourth-order valence-corrected chi connectivity index (χ4v) is 6.11. The van der Waals surface area contributed by atoms with E-state index >= 15 is 0 Å². The van der Waals surface area contributed by atoms with E-state index in [0.29, 0.717) is 6.10 Å². The maximum atomic E-state index is 12.7. The number of nitrogens with one attached hydrogen (secondary N) is 2. The van der Waals surface area contributed by atoms with Crippen LogP contribution in [0.1, 0.15) is 62.2 Å². The predicted molar refractivity (Wildman–Crippen MR) is 111 cm³/mol. The Morgan fingerprint density at radius 1 is 1.03 bits per heavy atom. The predicted octanol–water partition coefficient (Wildman–Crippen LogP) is 3.46. The molecule has 2 amide bonds. The van der Waals surface area contributed by atoms with Crippen molar-refractivity contribution in [1.29, 1.82) is 0 Å². The number of ketones is 1. The Labute approximate surface area is 172 Å². The van der Waals surface area contributed by atoms with Crippen LogP contribution in [0.25, 0.3) is 0 Å².